The van der Waals surface area contributed by atoms with Gasteiger partial charge in [-0.15, -0.1) is 0 Å². The van der Waals surface area contributed by atoms with Crippen LogP contribution in [0.5, 0.6) is 5.75 Å². The lowest BCUT2D eigenvalue weighted by atomic mass is 10.2. The molecule has 0 saturated heterocycles. The SMILES string of the molecule is COc1cccc(C(=O)NC(=S)Nc2ccc3oc(-c4cncc(Br)c4)nc3c2)c1. The minimum Gasteiger partial charge on any atom is -0.497 e. The van der Waals surface area contributed by atoms with Crippen LogP contribution in [0.2, 0.25) is 0 Å². The van der Waals surface area contributed by atoms with E-state index in [2.05, 4.69) is 36.5 Å². The zero-order valence-corrected chi connectivity index (χ0v) is 18.1. The molecule has 9 heteroatoms. The number of carbonyl (C=O) groups excluding carboxylic acids is 1. The standard InChI is InChI=1S/C21H15BrN4O3S/c1-28-16-4-2-3-12(8-16)19(27)26-21(30)24-15-5-6-18-17(9-15)25-20(29-18)13-7-14(22)11-23-10-13/h2-11H,1H3,(H2,24,26,27,30). The number of hydrogen-bond acceptors (Lipinski definition) is 6. The molecule has 1 amide bonds. The van der Waals surface area contributed by atoms with Crippen LogP contribution >= 0.6 is 28.1 Å². The normalized spacial score (nSPS) is 10.6. The number of halogens is 1. The Morgan fingerprint density at radius 3 is 2.83 bits per heavy atom. The molecule has 4 aromatic rings. The highest BCUT2D eigenvalue weighted by Crippen LogP contribution is 2.27. The number of methoxy groups -OCH3 is 1. The van der Waals surface area contributed by atoms with Gasteiger partial charge in [-0.1, -0.05) is 6.07 Å². The van der Waals surface area contributed by atoms with E-state index in [4.69, 9.17) is 21.4 Å². The molecule has 0 spiro atoms. The van der Waals surface area contributed by atoms with Crippen molar-refractivity contribution in [1.82, 2.24) is 15.3 Å². The van der Waals surface area contributed by atoms with Gasteiger partial charge in [0.1, 0.15) is 11.3 Å². The number of benzene rings is 2. The Labute approximate surface area is 185 Å². The molecule has 0 saturated carbocycles. The Bertz CT molecular complexity index is 1260. The smallest absolute Gasteiger partial charge is 0.257 e. The lowest BCUT2D eigenvalue weighted by Gasteiger charge is -2.10. The monoisotopic (exact) mass is 482 g/mol. The van der Waals surface area contributed by atoms with Crippen LogP contribution in [0.3, 0.4) is 0 Å². The van der Waals surface area contributed by atoms with Gasteiger partial charge >= 0.3 is 0 Å². The number of fused-ring (bicyclic) bond motifs is 1. The largest absolute Gasteiger partial charge is 0.497 e. The number of oxazole rings is 1. The Morgan fingerprint density at radius 2 is 2.03 bits per heavy atom. The Morgan fingerprint density at radius 1 is 1.17 bits per heavy atom. The molecule has 0 unspecified atom stereocenters. The minimum absolute atomic E-state index is 0.169. The van der Waals surface area contributed by atoms with Gasteiger partial charge in [0.2, 0.25) is 5.89 Å². The average Bonchev–Trinajstić information content (AvgIpc) is 3.17. The second-order valence-corrected chi connectivity index (χ2v) is 7.56. The molecule has 0 aliphatic heterocycles. The highest BCUT2D eigenvalue weighted by Gasteiger charge is 2.12. The number of aromatic nitrogens is 2. The van der Waals surface area contributed by atoms with E-state index < -0.39 is 0 Å². The molecule has 2 aromatic carbocycles. The van der Waals surface area contributed by atoms with Crippen LogP contribution in [0.25, 0.3) is 22.6 Å². The predicted molar refractivity (Wildman–Crippen MR) is 122 cm³/mol. The minimum atomic E-state index is -0.335. The van der Waals surface area contributed by atoms with Crippen molar-refractivity contribution < 1.29 is 13.9 Å². The zero-order chi connectivity index (χ0) is 21.1. The lowest BCUT2D eigenvalue weighted by molar-refractivity contribution is 0.0977. The van der Waals surface area contributed by atoms with Gasteiger partial charge in [-0.05, 0) is 70.6 Å². The molecule has 0 radical (unpaired) electrons. The van der Waals surface area contributed by atoms with Crippen molar-refractivity contribution in [3.8, 4) is 17.2 Å². The van der Waals surface area contributed by atoms with Crippen molar-refractivity contribution >= 4 is 56.0 Å². The Balaban J connectivity index is 1.48. The molecule has 2 N–H and O–H groups in total. The highest BCUT2D eigenvalue weighted by molar-refractivity contribution is 9.10. The molecule has 4 rings (SSSR count). The van der Waals surface area contributed by atoms with Crippen LogP contribution in [0.1, 0.15) is 10.4 Å². The number of nitrogens with zero attached hydrogens (tertiary/aromatic N) is 2. The number of carbonyl (C=O) groups is 1. The number of rotatable bonds is 4. The van der Waals surface area contributed by atoms with Gasteiger partial charge in [-0.3, -0.25) is 15.1 Å². The second-order valence-electron chi connectivity index (χ2n) is 6.23. The third-order valence-electron chi connectivity index (χ3n) is 4.16. The van der Waals surface area contributed by atoms with Crippen LogP contribution in [0.15, 0.2) is 69.8 Å². The van der Waals surface area contributed by atoms with Gasteiger partial charge in [-0.2, -0.15) is 0 Å². The Hall–Kier alpha value is -3.30. The summed E-state index contributed by atoms with van der Waals surface area (Å²) >= 11 is 8.65. The van der Waals surface area contributed by atoms with Gasteiger partial charge in [0, 0.05) is 28.1 Å². The topological polar surface area (TPSA) is 89.3 Å². The van der Waals surface area contributed by atoms with Gasteiger partial charge in [0.05, 0.1) is 12.7 Å². The molecule has 7 nitrogen and oxygen atoms in total. The molecular weight excluding hydrogens is 468 g/mol. The maximum atomic E-state index is 12.4. The molecule has 0 aliphatic rings. The van der Waals surface area contributed by atoms with Crippen molar-refractivity contribution in [2.45, 2.75) is 0 Å². The highest BCUT2D eigenvalue weighted by atomic mass is 79.9. The van der Waals surface area contributed by atoms with Gasteiger partial charge in [0.25, 0.3) is 5.91 Å². The molecule has 150 valence electrons. The van der Waals surface area contributed by atoms with E-state index in [0.29, 0.717) is 34.0 Å². The fraction of sp³-hybridized carbons (Fsp3) is 0.0476. The summed E-state index contributed by atoms with van der Waals surface area (Å²) in [6.45, 7) is 0. The molecular formula is C21H15BrN4O3S. The van der Waals surface area contributed by atoms with E-state index in [1.54, 1.807) is 62.0 Å². The molecule has 0 atom stereocenters. The van der Waals surface area contributed by atoms with Gasteiger partial charge < -0.3 is 14.5 Å². The number of amides is 1. The van der Waals surface area contributed by atoms with E-state index in [0.717, 1.165) is 10.0 Å². The summed E-state index contributed by atoms with van der Waals surface area (Å²) < 4.78 is 11.8. The number of hydrogen-bond donors (Lipinski definition) is 2. The molecule has 0 fully saturated rings. The maximum absolute atomic E-state index is 12.4. The summed E-state index contributed by atoms with van der Waals surface area (Å²) in [5.74, 6) is 0.720. The summed E-state index contributed by atoms with van der Waals surface area (Å²) in [6.07, 6.45) is 3.37. The molecule has 2 aromatic heterocycles. The van der Waals surface area contributed by atoms with Crippen molar-refractivity contribution in [2.75, 3.05) is 12.4 Å². The van der Waals surface area contributed by atoms with Crippen molar-refractivity contribution in [1.29, 1.82) is 0 Å². The first-order valence-electron chi connectivity index (χ1n) is 8.80. The van der Waals surface area contributed by atoms with E-state index in [9.17, 15) is 4.79 Å². The number of anilines is 1. The average molecular weight is 483 g/mol. The van der Waals surface area contributed by atoms with Crippen molar-refractivity contribution in [3.63, 3.8) is 0 Å². The van der Waals surface area contributed by atoms with Crippen LogP contribution in [-0.4, -0.2) is 28.1 Å². The van der Waals surface area contributed by atoms with Crippen LogP contribution in [0, 0.1) is 0 Å². The fourth-order valence-electron chi connectivity index (χ4n) is 2.76. The van der Waals surface area contributed by atoms with Crippen LogP contribution < -0.4 is 15.4 Å². The molecule has 30 heavy (non-hydrogen) atoms. The second kappa shape index (κ2) is 8.60. The summed E-state index contributed by atoms with van der Waals surface area (Å²) in [5, 5.41) is 5.81. The number of ether oxygens (including phenoxy) is 1. The quantitative estimate of drug-likeness (QED) is 0.404. The zero-order valence-electron chi connectivity index (χ0n) is 15.7. The third kappa shape index (κ3) is 4.47. The van der Waals surface area contributed by atoms with E-state index in [1.165, 1.54) is 0 Å². The Kier molecular flexibility index (Phi) is 5.73. The number of nitrogens with one attached hydrogen (secondary N) is 2. The summed E-state index contributed by atoms with van der Waals surface area (Å²) in [6, 6.07) is 14.1. The summed E-state index contributed by atoms with van der Waals surface area (Å²) in [5.41, 5.74) is 3.15. The molecule has 0 aliphatic carbocycles. The number of pyridine rings is 1. The van der Waals surface area contributed by atoms with Crippen LogP contribution in [-0.2, 0) is 0 Å². The fourth-order valence-corrected chi connectivity index (χ4v) is 3.33. The van der Waals surface area contributed by atoms with Crippen LogP contribution in [0.4, 0.5) is 5.69 Å². The van der Waals surface area contributed by atoms with Crippen molar-refractivity contribution in [2.24, 2.45) is 0 Å². The molecule has 2 heterocycles. The first kappa shape index (κ1) is 20.0. The third-order valence-corrected chi connectivity index (χ3v) is 4.79. The maximum Gasteiger partial charge on any atom is 0.257 e. The van der Waals surface area contributed by atoms with Crippen molar-refractivity contribution in [3.05, 3.63) is 71.0 Å². The predicted octanol–water partition coefficient (Wildman–Crippen LogP) is 4.79. The number of thiocarbonyl (C=S) groups is 1. The van der Waals surface area contributed by atoms with E-state index in [1.807, 2.05) is 6.07 Å². The summed E-state index contributed by atoms with van der Waals surface area (Å²) in [4.78, 5) is 21.0. The first-order valence-corrected chi connectivity index (χ1v) is 10.00. The van der Waals surface area contributed by atoms with Gasteiger partial charge in [-0.25, -0.2) is 4.98 Å². The lowest BCUT2D eigenvalue weighted by Crippen LogP contribution is -2.34. The summed E-state index contributed by atoms with van der Waals surface area (Å²) in [7, 11) is 1.54. The van der Waals surface area contributed by atoms with E-state index in [-0.39, 0.29) is 11.0 Å². The van der Waals surface area contributed by atoms with E-state index >= 15 is 0 Å². The first-order chi connectivity index (χ1) is 14.5. The van der Waals surface area contributed by atoms with Gasteiger partial charge in [0.15, 0.2) is 10.7 Å². The molecule has 0 bridgehead atoms.